The second kappa shape index (κ2) is 7.54. The maximum atomic E-state index is 14.7. The molecule has 10 heteroatoms. The number of pyridine rings is 1. The van der Waals surface area contributed by atoms with Crippen molar-refractivity contribution in [2.75, 3.05) is 12.8 Å². The number of aromatic nitrogens is 2. The van der Waals surface area contributed by atoms with Crippen molar-refractivity contribution >= 4 is 23.3 Å². The molecule has 0 bridgehead atoms. The SMILES string of the molecule is COC(=O)c1c(N)c(C#N)cn1-c1cc(F)c(Oc2ccnc(Cl)c2)cc1F. The fourth-order valence-electron chi connectivity index (χ4n) is 2.46. The Morgan fingerprint density at radius 3 is 2.71 bits per heavy atom. The van der Waals surface area contributed by atoms with Crippen LogP contribution in [0.2, 0.25) is 5.15 Å². The first kappa shape index (κ1) is 19.1. The number of halogens is 3. The van der Waals surface area contributed by atoms with Crippen molar-refractivity contribution in [3.8, 4) is 23.3 Å². The van der Waals surface area contributed by atoms with Crippen LogP contribution in [0.5, 0.6) is 11.5 Å². The molecule has 0 atom stereocenters. The normalized spacial score (nSPS) is 10.4. The Balaban J connectivity index is 2.09. The van der Waals surface area contributed by atoms with Gasteiger partial charge in [0.15, 0.2) is 23.1 Å². The minimum Gasteiger partial charge on any atom is -0.464 e. The predicted octanol–water partition coefficient (Wildman–Crippen LogP) is 3.84. The average Bonchev–Trinajstić information content (AvgIpc) is 3.00. The van der Waals surface area contributed by atoms with Crippen LogP contribution in [0.25, 0.3) is 5.69 Å². The number of carbonyl (C=O) groups is 1. The summed E-state index contributed by atoms with van der Waals surface area (Å²) in [6, 6.07) is 6.12. The van der Waals surface area contributed by atoms with E-state index in [2.05, 4.69) is 9.72 Å². The molecule has 0 aliphatic carbocycles. The van der Waals surface area contributed by atoms with Crippen LogP contribution in [0.15, 0.2) is 36.7 Å². The van der Waals surface area contributed by atoms with E-state index in [-0.39, 0.29) is 33.5 Å². The van der Waals surface area contributed by atoms with Gasteiger partial charge in [0.1, 0.15) is 17.0 Å². The van der Waals surface area contributed by atoms with E-state index in [1.54, 1.807) is 6.07 Å². The van der Waals surface area contributed by atoms with Crippen molar-refractivity contribution in [1.29, 1.82) is 5.26 Å². The number of nitrogens with zero attached hydrogens (tertiary/aromatic N) is 3. The zero-order valence-electron chi connectivity index (χ0n) is 14.2. The van der Waals surface area contributed by atoms with E-state index >= 15 is 0 Å². The fraction of sp³-hybridized carbons (Fsp3) is 0.0556. The molecule has 0 fully saturated rings. The molecule has 1 aromatic carbocycles. The van der Waals surface area contributed by atoms with Crippen molar-refractivity contribution in [1.82, 2.24) is 9.55 Å². The van der Waals surface area contributed by atoms with Crippen LogP contribution in [-0.2, 0) is 4.74 Å². The van der Waals surface area contributed by atoms with Crippen molar-refractivity contribution in [2.45, 2.75) is 0 Å². The van der Waals surface area contributed by atoms with E-state index < -0.39 is 23.4 Å². The quantitative estimate of drug-likeness (QED) is 0.523. The second-order valence-corrected chi connectivity index (χ2v) is 5.82. The molecule has 0 spiro atoms. The lowest BCUT2D eigenvalue weighted by atomic mass is 10.2. The Morgan fingerprint density at radius 1 is 1.32 bits per heavy atom. The molecule has 2 aromatic heterocycles. The summed E-state index contributed by atoms with van der Waals surface area (Å²) in [4.78, 5) is 15.8. The number of hydrogen-bond donors (Lipinski definition) is 1. The number of nitrogen functional groups attached to an aromatic ring is 1. The maximum Gasteiger partial charge on any atom is 0.357 e. The molecule has 0 unspecified atom stereocenters. The number of benzene rings is 1. The molecule has 0 aliphatic rings. The van der Waals surface area contributed by atoms with Gasteiger partial charge in [-0.05, 0) is 6.07 Å². The first-order chi connectivity index (χ1) is 13.3. The molecule has 0 saturated heterocycles. The van der Waals surface area contributed by atoms with E-state index in [9.17, 15) is 13.6 Å². The van der Waals surface area contributed by atoms with Gasteiger partial charge in [0.2, 0.25) is 0 Å². The smallest absolute Gasteiger partial charge is 0.357 e. The Kier molecular flexibility index (Phi) is 5.15. The molecule has 2 N–H and O–H groups in total. The van der Waals surface area contributed by atoms with Crippen LogP contribution < -0.4 is 10.5 Å². The van der Waals surface area contributed by atoms with Gasteiger partial charge in [-0.1, -0.05) is 11.6 Å². The number of methoxy groups -OCH3 is 1. The topological polar surface area (TPSA) is 103 Å². The van der Waals surface area contributed by atoms with Crippen LogP contribution in [0.4, 0.5) is 14.5 Å². The molecule has 0 aliphatic heterocycles. The largest absolute Gasteiger partial charge is 0.464 e. The zero-order chi connectivity index (χ0) is 20.4. The predicted molar refractivity (Wildman–Crippen MR) is 95.5 cm³/mol. The van der Waals surface area contributed by atoms with E-state index in [0.717, 1.165) is 30.0 Å². The number of nitrogens with two attached hydrogens (primary N) is 1. The van der Waals surface area contributed by atoms with Crippen LogP contribution in [-0.4, -0.2) is 22.6 Å². The minimum absolute atomic E-state index is 0.0908. The summed E-state index contributed by atoms with van der Waals surface area (Å²) >= 11 is 5.73. The number of carbonyl (C=O) groups excluding carboxylic acids is 1. The summed E-state index contributed by atoms with van der Waals surface area (Å²) in [6.45, 7) is 0. The zero-order valence-corrected chi connectivity index (χ0v) is 15.0. The van der Waals surface area contributed by atoms with Crippen molar-refractivity contribution in [2.24, 2.45) is 0 Å². The Bertz CT molecular complexity index is 1120. The molecule has 0 saturated carbocycles. The van der Waals surface area contributed by atoms with Crippen molar-refractivity contribution in [3.05, 3.63) is 64.7 Å². The van der Waals surface area contributed by atoms with Gasteiger partial charge in [-0.15, -0.1) is 0 Å². The lowest BCUT2D eigenvalue weighted by molar-refractivity contribution is 0.0593. The first-order valence-electron chi connectivity index (χ1n) is 7.63. The standard InChI is InChI=1S/C18H11ClF2N4O3/c1-27-18(26)17-16(23)9(7-22)8-25(17)13-5-12(21)14(6-11(13)20)28-10-2-3-24-15(19)4-10/h2-6,8H,23H2,1H3. The average molecular weight is 405 g/mol. The van der Waals surface area contributed by atoms with E-state index in [1.807, 2.05) is 0 Å². The molecular formula is C18H11ClF2N4O3. The summed E-state index contributed by atoms with van der Waals surface area (Å²) in [7, 11) is 1.10. The number of nitriles is 1. The highest BCUT2D eigenvalue weighted by molar-refractivity contribution is 6.29. The van der Waals surface area contributed by atoms with Gasteiger partial charge in [0, 0.05) is 30.6 Å². The van der Waals surface area contributed by atoms with Crippen molar-refractivity contribution < 1.29 is 23.0 Å². The molecule has 0 radical (unpaired) electrons. The Morgan fingerprint density at radius 2 is 2.07 bits per heavy atom. The highest BCUT2D eigenvalue weighted by Gasteiger charge is 2.24. The third kappa shape index (κ3) is 3.45. The molecule has 3 aromatic rings. The number of ether oxygens (including phenoxy) is 2. The molecule has 28 heavy (non-hydrogen) atoms. The number of esters is 1. The molecule has 142 valence electrons. The highest BCUT2D eigenvalue weighted by Crippen LogP contribution is 2.32. The number of rotatable bonds is 4. The summed E-state index contributed by atoms with van der Waals surface area (Å²) < 4.78 is 40.1. The molecule has 3 rings (SSSR count). The summed E-state index contributed by atoms with van der Waals surface area (Å²) in [5.74, 6) is -3.03. The lowest BCUT2D eigenvalue weighted by Gasteiger charge is -2.12. The lowest BCUT2D eigenvalue weighted by Crippen LogP contribution is -2.12. The van der Waals surface area contributed by atoms with Gasteiger partial charge in [0.25, 0.3) is 0 Å². The fourth-order valence-corrected chi connectivity index (χ4v) is 2.62. The van der Waals surface area contributed by atoms with Gasteiger partial charge in [0.05, 0.1) is 24.0 Å². The summed E-state index contributed by atoms with van der Waals surface area (Å²) in [5.41, 5.74) is 4.81. The summed E-state index contributed by atoms with van der Waals surface area (Å²) in [6.07, 6.45) is 2.46. The van der Waals surface area contributed by atoms with Crippen LogP contribution in [0.1, 0.15) is 16.1 Å². The van der Waals surface area contributed by atoms with E-state index in [1.165, 1.54) is 18.3 Å². The van der Waals surface area contributed by atoms with Gasteiger partial charge in [-0.3, -0.25) is 0 Å². The number of hydrogen-bond acceptors (Lipinski definition) is 6. The van der Waals surface area contributed by atoms with Gasteiger partial charge < -0.3 is 19.8 Å². The minimum atomic E-state index is -0.929. The van der Waals surface area contributed by atoms with Gasteiger partial charge >= 0.3 is 5.97 Å². The second-order valence-electron chi connectivity index (χ2n) is 5.43. The Hall–Kier alpha value is -3.64. The third-order valence-electron chi connectivity index (χ3n) is 3.73. The van der Waals surface area contributed by atoms with Gasteiger partial charge in [-0.2, -0.15) is 5.26 Å². The van der Waals surface area contributed by atoms with Crippen LogP contribution in [0, 0.1) is 23.0 Å². The third-order valence-corrected chi connectivity index (χ3v) is 3.94. The van der Waals surface area contributed by atoms with Crippen LogP contribution in [0.3, 0.4) is 0 Å². The number of anilines is 1. The van der Waals surface area contributed by atoms with E-state index in [4.69, 9.17) is 27.3 Å². The summed E-state index contributed by atoms with van der Waals surface area (Å²) in [5, 5.41) is 9.23. The molecule has 0 amide bonds. The Labute approximate surface area is 162 Å². The first-order valence-corrected chi connectivity index (χ1v) is 8.01. The molecular weight excluding hydrogens is 394 g/mol. The molecule has 7 nitrogen and oxygen atoms in total. The van der Waals surface area contributed by atoms with Gasteiger partial charge in [-0.25, -0.2) is 18.6 Å². The molecule has 2 heterocycles. The monoisotopic (exact) mass is 404 g/mol. The van der Waals surface area contributed by atoms with Crippen LogP contribution >= 0.6 is 11.6 Å². The highest BCUT2D eigenvalue weighted by atomic mass is 35.5. The van der Waals surface area contributed by atoms with Crippen molar-refractivity contribution in [3.63, 3.8) is 0 Å². The maximum absolute atomic E-state index is 14.7. The van der Waals surface area contributed by atoms with E-state index in [0.29, 0.717) is 0 Å².